The molecule has 0 spiro atoms. The number of hydrogen-bond donors (Lipinski definition) is 1. The van der Waals surface area contributed by atoms with Crippen LogP contribution in [0.2, 0.25) is 0 Å². The fourth-order valence-corrected chi connectivity index (χ4v) is 4.37. The molecule has 1 nitrogen and oxygen atoms in total. The normalized spacial score (nSPS) is 14.0. The second-order valence-corrected chi connectivity index (χ2v) is 7.19. The SMILES string of the molecule is CC(O)(Cc1ccc(F)cc1F)c1ccsc1-c1cccs1. The molecule has 5 heteroatoms. The Hall–Kier alpha value is -1.56. The first-order valence-corrected chi connectivity index (χ1v) is 8.51. The van der Waals surface area contributed by atoms with E-state index in [1.54, 1.807) is 29.6 Å². The maximum absolute atomic E-state index is 13.8. The lowest BCUT2D eigenvalue weighted by Crippen LogP contribution is -2.24. The third-order valence-corrected chi connectivity index (χ3v) is 5.50. The average Bonchev–Trinajstić information content (AvgIpc) is 3.11. The van der Waals surface area contributed by atoms with Gasteiger partial charge in [-0.15, -0.1) is 22.7 Å². The summed E-state index contributed by atoms with van der Waals surface area (Å²) in [7, 11) is 0. The quantitative estimate of drug-likeness (QED) is 0.694. The number of aliphatic hydroxyl groups is 1. The summed E-state index contributed by atoms with van der Waals surface area (Å²) < 4.78 is 26.9. The molecule has 0 bridgehead atoms. The fraction of sp³-hybridized carbons (Fsp3) is 0.176. The molecule has 3 rings (SSSR count). The lowest BCUT2D eigenvalue weighted by molar-refractivity contribution is 0.0576. The minimum Gasteiger partial charge on any atom is -0.385 e. The van der Waals surface area contributed by atoms with Crippen molar-refractivity contribution < 1.29 is 13.9 Å². The summed E-state index contributed by atoms with van der Waals surface area (Å²) in [5.41, 5.74) is -0.156. The zero-order valence-corrected chi connectivity index (χ0v) is 13.5. The van der Waals surface area contributed by atoms with Gasteiger partial charge in [0.15, 0.2) is 0 Å². The van der Waals surface area contributed by atoms with E-state index in [1.807, 2.05) is 29.0 Å². The van der Waals surface area contributed by atoms with Crippen molar-refractivity contribution in [2.45, 2.75) is 18.9 Å². The van der Waals surface area contributed by atoms with Crippen LogP contribution in [0.25, 0.3) is 9.75 Å². The molecule has 1 N–H and O–H groups in total. The van der Waals surface area contributed by atoms with Crippen LogP contribution < -0.4 is 0 Å². The standard InChI is InChI=1S/C17H14F2OS2/c1-17(20,10-11-4-5-12(18)9-14(11)19)13-6-8-22-16(13)15-3-2-7-21-15/h2-9,20H,10H2,1H3. The lowest BCUT2D eigenvalue weighted by atomic mass is 9.89. The Bertz CT molecular complexity index is 776. The minimum absolute atomic E-state index is 0.0915. The Balaban J connectivity index is 1.95. The van der Waals surface area contributed by atoms with Crippen molar-refractivity contribution in [3.8, 4) is 9.75 Å². The van der Waals surface area contributed by atoms with Crippen molar-refractivity contribution in [2.24, 2.45) is 0 Å². The highest BCUT2D eigenvalue weighted by molar-refractivity contribution is 7.20. The Morgan fingerprint density at radius 2 is 1.91 bits per heavy atom. The molecular formula is C17H14F2OS2. The van der Waals surface area contributed by atoms with Crippen molar-refractivity contribution in [2.75, 3.05) is 0 Å². The van der Waals surface area contributed by atoms with Crippen LogP contribution in [0, 0.1) is 11.6 Å². The van der Waals surface area contributed by atoms with Crippen molar-refractivity contribution in [3.05, 3.63) is 69.9 Å². The van der Waals surface area contributed by atoms with Crippen molar-refractivity contribution in [3.63, 3.8) is 0 Å². The number of halogens is 2. The van der Waals surface area contributed by atoms with Crippen LogP contribution >= 0.6 is 22.7 Å². The molecular weight excluding hydrogens is 322 g/mol. The van der Waals surface area contributed by atoms with Crippen molar-refractivity contribution >= 4 is 22.7 Å². The molecule has 1 unspecified atom stereocenters. The van der Waals surface area contributed by atoms with Crippen LogP contribution in [0.1, 0.15) is 18.1 Å². The highest BCUT2D eigenvalue weighted by Crippen LogP contribution is 2.40. The third-order valence-electron chi connectivity index (χ3n) is 3.54. The van der Waals surface area contributed by atoms with Gasteiger partial charge in [-0.2, -0.15) is 0 Å². The monoisotopic (exact) mass is 336 g/mol. The number of rotatable bonds is 4. The molecule has 0 saturated carbocycles. The van der Waals surface area contributed by atoms with Gasteiger partial charge in [-0.3, -0.25) is 0 Å². The zero-order chi connectivity index (χ0) is 15.7. The maximum atomic E-state index is 13.8. The molecule has 114 valence electrons. The van der Waals surface area contributed by atoms with Crippen LogP contribution in [0.4, 0.5) is 8.78 Å². The summed E-state index contributed by atoms with van der Waals surface area (Å²) in [6.45, 7) is 1.66. The van der Waals surface area contributed by atoms with Crippen molar-refractivity contribution in [1.82, 2.24) is 0 Å². The van der Waals surface area contributed by atoms with Gasteiger partial charge >= 0.3 is 0 Å². The van der Waals surface area contributed by atoms with Gasteiger partial charge in [0.2, 0.25) is 0 Å². The summed E-state index contributed by atoms with van der Waals surface area (Å²) >= 11 is 3.15. The Morgan fingerprint density at radius 3 is 2.59 bits per heavy atom. The van der Waals surface area contributed by atoms with E-state index in [1.165, 1.54) is 12.1 Å². The first-order chi connectivity index (χ1) is 10.5. The van der Waals surface area contributed by atoms with E-state index in [2.05, 4.69) is 0 Å². The van der Waals surface area contributed by atoms with Gasteiger partial charge < -0.3 is 5.11 Å². The summed E-state index contributed by atoms with van der Waals surface area (Å²) in [6, 6.07) is 9.26. The fourth-order valence-electron chi connectivity index (χ4n) is 2.46. The van der Waals surface area contributed by atoms with Crippen LogP contribution in [-0.4, -0.2) is 5.11 Å². The predicted molar refractivity (Wildman–Crippen MR) is 87.3 cm³/mol. The molecule has 0 saturated heterocycles. The molecule has 1 aromatic carbocycles. The van der Waals surface area contributed by atoms with E-state index in [-0.39, 0.29) is 6.42 Å². The van der Waals surface area contributed by atoms with Gasteiger partial charge in [-0.25, -0.2) is 8.78 Å². The smallest absolute Gasteiger partial charge is 0.129 e. The van der Waals surface area contributed by atoms with Crippen LogP contribution in [0.5, 0.6) is 0 Å². The molecule has 0 aliphatic heterocycles. The molecule has 0 aliphatic carbocycles. The highest BCUT2D eigenvalue weighted by atomic mass is 32.1. The van der Waals surface area contributed by atoms with E-state index < -0.39 is 17.2 Å². The topological polar surface area (TPSA) is 20.2 Å². The van der Waals surface area contributed by atoms with Gasteiger partial charge in [0.05, 0.1) is 10.5 Å². The van der Waals surface area contributed by atoms with E-state index in [9.17, 15) is 13.9 Å². The first-order valence-electron chi connectivity index (χ1n) is 6.75. The number of thiophene rings is 2. The molecule has 2 heterocycles. The van der Waals surface area contributed by atoms with Crippen LogP contribution in [0.3, 0.4) is 0 Å². The summed E-state index contributed by atoms with van der Waals surface area (Å²) in [6.07, 6.45) is 0.0915. The van der Waals surface area contributed by atoms with Gasteiger partial charge in [-0.1, -0.05) is 12.1 Å². The third kappa shape index (κ3) is 2.97. The Labute approximate surface area is 135 Å². The summed E-state index contributed by atoms with van der Waals surface area (Å²) in [4.78, 5) is 2.06. The molecule has 0 radical (unpaired) electrons. The maximum Gasteiger partial charge on any atom is 0.129 e. The Kier molecular flexibility index (Phi) is 4.12. The van der Waals surface area contributed by atoms with Gasteiger partial charge in [0, 0.05) is 22.9 Å². The van der Waals surface area contributed by atoms with Crippen LogP contribution in [0.15, 0.2) is 47.2 Å². The van der Waals surface area contributed by atoms with Crippen LogP contribution in [-0.2, 0) is 12.0 Å². The number of benzene rings is 1. The van der Waals surface area contributed by atoms with E-state index >= 15 is 0 Å². The molecule has 0 aliphatic rings. The molecule has 2 aromatic heterocycles. The lowest BCUT2D eigenvalue weighted by Gasteiger charge is -2.24. The summed E-state index contributed by atoms with van der Waals surface area (Å²) in [5.74, 6) is -1.25. The first kappa shape index (κ1) is 15.3. The van der Waals surface area contributed by atoms with Gasteiger partial charge in [0.25, 0.3) is 0 Å². The zero-order valence-electron chi connectivity index (χ0n) is 11.8. The molecule has 1 atom stereocenters. The highest BCUT2D eigenvalue weighted by Gasteiger charge is 2.29. The predicted octanol–water partition coefficient (Wildman–Crippen LogP) is 5.21. The van der Waals surface area contributed by atoms with E-state index in [0.29, 0.717) is 5.56 Å². The average molecular weight is 336 g/mol. The second kappa shape index (κ2) is 5.91. The second-order valence-electron chi connectivity index (χ2n) is 5.33. The molecule has 0 amide bonds. The summed E-state index contributed by atoms with van der Waals surface area (Å²) in [5, 5.41) is 14.7. The molecule has 22 heavy (non-hydrogen) atoms. The molecule has 3 aromatic rings. The van der Waals surface area contributed by atoms with Gasteiger partial charge in [0.1, 0.15) is 11.6 Å². The largest absolute Gasteiger partial charge is 0.385 e. The minimum atomic E-state index is -1.22. The van der Waals surface area contributed by atoms with E-state index in [4.69, 9.17) is 0 Å². The Morgan fingerprint density at radius 1 is 1.09 bits per heavy atom. The van der Waals surface area contributed by atoms with Gasteiger partial charge in [-0.05, 0) is 41.4 Å². The van der Waals surface area contributed by atoms with E-state index in [0.717, 1.165) is 21.4 Å². The molecule has 0 fully saturated rings. The van der Waals surface area contributed by atoms with Crippen molar-refractivity contribution in [1.29, 1.82) is 0 Å². The number of hydrogen-bond acceptors (Lipinski definition) is 3.